The number of carbonyl (C=O) groups is 6. The van der Waals surface area contributed by atoms with E-state index in [0.29, 0.717) is 0 Å². The molecule has 48 heavy (non-hydrogen) atoms. The number of fused-ring (bicyclic) bond motifs is 2. The molecule has 2 aliphatic rings. The van der Waals surface area contributed by atoms with Crippen LogP contribution in [0, 0.1) is 5.92 Å². The number of unbranched alkanes of at least 4 members (excludes halogenated alkanes) is 5. The van der Waals surface area contributed by atoms with Crippen LogP contribution in [0.15, 0.2) is 36.6 Å². The van der Waals surface area contributed by atoms with Crippen LogP contribution in [0.2, 0.25) is 0 Å². The molecule has 2 bridgehead atoms. The summed E-state index contributed by atoms with van der Waals surface area (Å²) in [5, 5.41) is 25.4. The van der Waals surface area contributed by atoms with Crippen LogP contribution in [0.4, 0.5) is 0 Å². The van der Waals surface area contributed by atoms with E-state index in [0.717, 1.165) is 51.0 Å². The molecule has 0 saturated carbocycles. The van der Waals surface area contributed by atoms with Gasteiger partial charge in [-0.25, -0.2) is 0 Å². The van der Waals surface area contributed by atoms with Crippen LogP contribution in [0.25, 0.3) is 0 Å². The summed E-state index contributed by atoms with van der Waals surface area (Å²) in [7, 11) is 0. The summed E-state index contributed by atoms with van der Waals surface area (Å²) < 4.78 is 0. The number of nitrogens with zero attached hydrogens (tertiary/aromatic N) is 1. The van der Waals surface area contributed by atoms with Crippen LogP contribution >= 0.6 is 0 Å². The van der Waals surface area contributed by atoms with E-state index in [1.165, 1.54) is 17.2 Å². The van der Waals surface area contributed by atoms with E-state index in [-0.39, 0.29) is 44.0 Å². The number of allylic oxidation sites excluding steroid dienone is 3. The standard InChI is InChI=1S/C34H55N7O7/c1-23(2)19-25-32(47)39-26(31(46)37-21-27-33(48)41(22-30(45)38-25)34(4,5)40-27)20-36-29(44)17-18-35-28(43)16-14-12-10-8-6-7-9-11-13-15-24(3)42/h10,12,14,16-18,23-27,40,42H,6-9,11,13,15,19-22H2,1-5H3,(H,35,43)(H,36,44)(H,37,46)(H,38,45)(H,39,47)/b12-10+,16-14+,18-17+. The fourth-order valence-electron chi connectivity index (χ4n) is 5.40. The SMILES string of the molecule is CC(C)CC1NC(=O)CN2C(=O)C(CNC(=O)C(CNC(=O)/C=C/NC(=O)/C=C/C=C/CCCCCCCC(C)O)NC1=O)NC2(C)C. The van der Waals surface area contributed by atoms with Crippen LogP contribution in [0.3, 0.4) is 0 Å². The average Bonchev–Trinajstić information content (AvgIpc) is 3.22. The van der Waals surface area contributed by atoms with Gasteiger partial charge in [0.2, 0.25) is 35.4 Å². The van der Waals surface area contributed by atoms with E-state index in [1.54, 1.807) is 32.9 Å². The molecular weight excluding hydrogens is 618 g/mol. The first-order chi connectivity index (χ1) is 22.7. The molecule has 2 rings (SSSR count). The summed E-state index contributed by atoms with van der Waals surface area (Å²) in [5.74, 6) is -3.10. The number of aliphatic hydroxyl groups is 1. The highest BCUT2D eigenvalue weighted by Gasteiger charge is 2.45. The maximum Gasteiger partial charge on any atom is 0.247 e. The van der Waals surface area contributed by atoms with E-state index in [1.807, 2.05) is 19.9 Å². The molecule has 268 valence electrons. The van der Waals surface area contributed by atoms with Gasteiger partial charge in [0, 0.05) is 31.4 Å². The molecule has 2 heterocycles. The molecule has 0 aromatic carbocycles. The second-order valence-electron chi connectivity index (χ2n) is 13.3. The molecule has 2 saturated heterocycles. The van der Waals surface area contributed by atoms with Crippen molar-refractivity contribution >= 4 is 35.4 Å². The maximum atomic E-state index is 13.2. The molecule has 0 aromatic rings. The predicted molar refractivity (Wildman–Crippen MR) is 182 cm³/mol. The van der Waals surface area contributed by atoms with Gasteiger partial charge in [-0.15, -0.1) is 0 Å². The van der Waals surface area contributed by atoms with Crippen molar-refractivity contribution in [2.24, 2.45) is 5.92 Å². The molecule has 0 spiro atoms. The Morgan fingerprint density at radius 3 is 2.35 bits per heavy atom. The van der Waals surface area contributed by atoms with E-state index in [2.05, 4.69) is 31.9 Å². The zero-order valence-corrected chi connectivity index (χ0v) is 29.0. The summed E-state index contributed by atoms with van der Waals surface area (Å²) in [5.41, 5.74) is -0.855. The lowest BCUT2D eigenvalue weighted by Crippen LogP contribution is -2.59. The van der Waals surface area contributed by atoms with E-state index in [4.69, 9.17) is 0 Å². The lowest BCUT2D eigenvalue weighted by molar-refractivity contribution is -0.137. The van der Waals surface area contributed by atoms with Crippen molar-refractivity contribution in [1.29, 1.82) is 0 Å². The largest absolute Gasteiger partial charge is 0.393 e. The van der Waals surface area contributed by atoms with Crippen molar-refractivity contribution in [3.05, 3.63) is 36.6 Å². The number of amides is 6. The van der Waals surface area contributed by atoms with Gasteiger partial charge < -0.3 is 36.6 Å². The van der Waals surface area contributed by atoms with Crippen LogP contribution < -0.4 is 31.9 Å². The highest BCUT2D eigenvalue weighted by Crippen LogP contribution is 2.21. The Labute approximate surface area is 284 Å². The monoisotopic (exact) mass is 673 g/mol. The van der Waals surface area contributed by atoms with Crippen LogP contribution in [-0.2, 0) is 28.8 Å². The molecule has 6 amide bonds. The van der Waals surface area contributed by atoms with Gasteiger partial charge >= 0.3 is 0 Å². The molecule has 0 aliphatic carbocycles. The van der Waals surface area contributed by atoms with Crippen molar-refractivity contribution in [2.45, 2.75) is 116 Å². The van der Waals surface area contributed by atoms with Gasteiger partial charge in [-0.3, -0.25) is 34.1 Å². The smallest absolute Gasteiger partial charge is 0.247 e. The van der Waals surface area contributed by atoms with Crippen molar-refractivity contribution < 1.29 is 33.9 Å². The highest BCUT2D eigenvalue weighted by molar-refractivity contribution is 5.96. The Morgan fingerprint density at radius 1 is 0.938 bits per heavy atom. The first-order valence-electron chi connectivity index (χ1n) is 16.9. The number of aliphatic hydroxyl groups excluding tert-OH is 1. The molecule has 2 fully saturated rings. The fraction of sp³-hybridized carbons (Fsp3) is 0.647. The number of hydrogen-bond donors (Lipinski definition) is 7. The quantitative estimate of drug-likeness (QED) is 0.0704. The van der Waals surface area contributed by atoms with E-state index < -0.39 is 53.3 Å². The normalized spacial score (nSPS) is 22.6. The second-order valence-corrected chi connectivity index (χ2v) is 13.3. The Hall–Kier alpha value is -4.04. The summed E-state index contributed by atoms with van der Waals surface area (Å²) in [4.78, 5) is 78.3. The molecule has 4 unspecified atom stereocenters. The van der Waals surface area contributed by atoms with Gasteiger partial charge in [0.15, 0.2) is 0 Å². The van der Waals surface area contributed by atoms with Gasteiger partial charge in [0.1, 0.15) is 24.7 Å². The first-order valence-corrected chi connectivity index (χ1v) is 16.9. The Kier molecular flexibility index (Phi) is 17.0. The van der Waals surface area contributed by atoms with E-state index in [9.17, 15) is 33.9 Å². The second kappa shape index (κ2) is 20.4. The van der Waals surface area contributed by atoms with Gasteiger partial charge in [0.25, 0.3) is 0 Å². The average molecular weight is 674 g/mol. The molecule has 14 heteroatoms. The predicted octanol–water partition coefficient (Wildman–Crippen LogP) is 0.638. The molecule has 0 aromatic heterocycles. The fourth-order valence-corrected chi connectivity index (χ4v) is 5.40. The molecule has 0 radical (unpaired) electrons. The zero-order valence-electron chi connectivity index (χ0n) is 29.0. The van der Waals surface area contributed by atoms with Crippen LogP contribution in [-0.4, -0.2) is 95.0 Å². The highest BCUT2D eigenvalue weighted by atomic mass is 16.3. The minimum Gasteiger partial charge on any atom is -0.393 e. The summed E-state index contributed by atoms with van der Waals surface area (Å²) in [6, 6.07) is -2.96. The molecule has 2 aliphatic heterocycles. The zero-order chi connectivity index (χ0) is 35.7. The third-order valence-corrected chi connectivity index (χ3v) is 7.97. The molecule has 14 nitrogen and oxygen atoms in total. The van der Waals surface area contributed by atoms with Crippen molar-refractivity contribution in [2.75, 3.05) is 19.6 Å². The maximum absolute atomic E-state index is 13.2. The van der Waals surface area contributed by atoms with Gasteiger partial charge in [-0.1, -0.05) is 57.8 Å². The third kappa shape index (κ3) is 14.8. The van der Waals surface area contributed by atoms with Gasteiger partial charge in [-0.05, 0) is 52.4 Å². The topological polar surface area (TPSA) is 198 Å². The first kappa shape index (κ1) is 40.1. The van der Waals surface area contributed by atoms with E-state index >= 15 is 0 Å². The number of carbonyl (C=O) groups excluding carboxylic acids is 6. The van der Waals surface area contributed by atoms with Gasteiger partial charge in [0.05, 0.1) is 11.8 Å². The van der Waals surface area contributed by atoms with Crippen LogP contribution in [0.5, 0.6) is 0 Å². The lowest BCUT2D eigenvalue weighted by Gasteiger charge is -2.31. The van der Waals surface area contributed by atoms with Crippen LogP contribution in [0.1, 0.15) is 86.0 Å². The molecule has 7 N–H and O–H groups in total. The summed E-state index contributed by atoms with van der Waals surface area (Å²) >= 11 is 0. The number of hydrogen-bond acceptors (Lipinski definition) is 8. The summed E-state index contributed by atoms with van der Waals surface area (Å²) in [6.07, 6.45) is 16.2. The minimum atomic E-state index is -1.21. The minimum absolute atomic E-state index is 0.0265. The Balaban J connectivity index is 1.89. The van der Waals surface area contributed by atoms with Crippen molar-refractivity contribution in [3.8, 4) is 0 Å². The third-order valence-electron chi connectivity index (χ3n) is 7.97. The van der Waals surface area contributed by atoms with Gasteiger partial charge in [-0.2, -0.15) is 0 Å². The van der Waals surface area contributed by atoms with Crippen molar-refractivity contribution in [3.63, 3.8) is 0 Å². The van der Waals surface area contributed by atoms with Crippen molar-refractivity contribution in [1.82, 2.24) is 36.8 Å². The lowest BCUT2D eigenvalue weighted by atomic mass is 10.0. The Morgan fingerprint density at radius 2 is 1.65 bits per heavy atom. The molecule has 4 atom stereocenters. The molecular formula is C34H55N7O7. The number of nitrogens with one attached hydrogen (secondary N) is 6. The summed E-state index contributed by atoms with van der Waals surface area (Å²) in [6.45, 7) is 8.45. The Bertz CT molecular complexity index is 1210. The number of rotatable bonds is 16.